The number of halogens is 3. The molecule has 1 aromatic carbocycles. The van der Waals surface area contributed by atoms with E-state index in [0.29, 0.717) is 6.54 Å². The molecule has 0 radical (unpaired) electrons. The van der Waals surface area contributed by atoms with E-state index in [-0.39, 0.29) is 18.3 Å². The lowest BCUT2D eigenvalue weighted by molar-refractivity contribution is -0.118. The van der Waals surface area contributed by atoms with Crippen molar-refractivity contribution in [1.82, 2.24) is 10.2 Å². The molecule has 0 saturated carbocycles. The van der Waals surface area contributed by atoms with Gasteiger partial charge >= 0.3 is 0 Å². The Morgan fingerprint density at radius 1 is 1.40 bits per heavy atom. The molecule has 1 aliphatic rings. The van der Waals surface area contributed by atoms with E-state index in [1.54, 1.807) is 0 Å². The number of hydrogen-bond acceptors (Lipinski definition) is 3. The van der Waals surface area contributed by atoms with Crippen LogP contribution in [0.4, 0.5) is 18.9 Å². The monoisotopic (exact) mass is 287 g/mol. The van der Waals surface area contributed by atoms with Gasteiger partial charge in [0.05, 0.1) is 12.2 Å². The van der Waals surface area contributed by atoms with Crippen LogP contribution in [0.3, 0.4) is 0 Å². The zero-order valence-corrected chi connectivity index (χ0v) is 11.0. The Morgan fingerprint density at radius 2 is 2.15 bits per heavy atom. The van der Waals surface area contributed by atoms with Crippen molar-refractivity contribution in [3.05, 3.63) is 29.6 Å². The van der Waals surface area contributed by atoms with E-state index < -0.39 is 23.4 Å². The number of rotatable bonds is 3. The smallest absolute Gasteiger partial charge is 0.238 e. The highest BCUT2D eigenvalue weighted by molar-refractivity contribution is 5.92. The maximum Gasteiger partial charge on any atom is 0.238 e. The Labute approximate surface area is 114 Å². The number of nitrogens with one attached hydrogen (secondary N) is 2. The van der Waals surface area contributed by atoms with E-state index in [1.807, 2.05) is 11.8 Å². The van der Waals surface area contributed by atoms with Crippen molar-refractivity contribution in [3.63, 3.8) is 0 Å². The highest BCUT2D eigenvalue weighted by atomic mass is 19.2. The molecular formula is C13H16F3N3O. The number of nitrogens with zero attached hydrogens (tertiary/aromatic N) is 1. The van der Waals surface area contributed by atoms with Gasteiger partial charge in [0.25, 0.3) is 0 Å². The molecule has 110 valence electrons. The molecule has 1 aliphatic heterocycles. The van der Waals surface area contributed by atoms with Crippen molar-refractivity contribution >= 4 is 11.6 Å². The molecule has 2 rings (SSSR count). The SMILES string of the molecule is C[C@H]1CNCCN1CC(=O)Nc1ccc(F)c(F)c1F. The van der Waals surface area contributed by atoms with Crippen LogP contribution >= 0.6 is 0 Å². The molecule has 4 nitrogen and oxygen atoms in total. The summed E-state index contributed by atoms with van der Waals surface area (Å²) in [6, 6.07) is 1.97. The molecular weight excluding hydrogens is 271 g/mol. The van der Waals surface area contributed by atoms with Gasteiger partial charge in [0.1, 0.15) is 0 Å². The number of anilines is 1. The third-order valence-electron chi connectivity index (χ3n) is 3.29. The average Bonchev–Trinajstić information content (AvgIpc) is 2.42. The van der Waals surface area contributed by atoms with Crippen molar-refractivity contribution in [3.8, 4) is 0 Å². The molecule has 20 heavy (non-hydrogen) atoms. The van der Waals surface area contributed by atoms with Crippen LogP contribution in [0.5, 0.6) is 0 Å². The molecule has 0 unspecified atom stereocenters. The lowest BCUT2D eigenvalue weighted by Gasteiger charge is -2.33. The average molecular weight is 287 g/mol. The first-order valence-corrected chi connectivity index (χ1v) is 6.37. The minimum absolute atomic E-state index is 0.0846. The summed E-state index contributed by atoms with van der Waals surface area (Å²) < 4.78 is 39.2. The Morgan fingerprint density at radius 3 is 2.85 bits per heavy atom. The Bertz CT molecular complexity index is 510. The number of piperazine rings is 1. The van der Waals surface area contributed by atoms with Gasteiger partial charge in [-0.3, -0.25) is 9.69 Å². The van der Waals surface area contributed by atoms with Gasteiger partial charge in [0, 0.05) is 25.7 Å². The van der Waals surface area contributed by atoms with Crippen LogP contribution in [0.15, 0.2) is 12.1 Å². The Kier molecular flexibility index (Phi) is 4.61. The molecule has 1 atom stereocenters. The zero-order valence-electron chi connectivity index (χ0n) is 11.0. The van der Waals surface area contributed by atoms with Crippen LogP contribution in [0.1, 0.15) is 6.92 Å². The van der Waals surface area contributed by atoms with Gasteiger partial charge in [-0.2, -0.15) is 0 Å². The van der Waals surface area contributed by atoms with E-state index in [2.05, 4.69) is 10.6 Å². The minimum atomic E-state index is -1.58. The van der Waals surface area contributed by atoms with E-state index in [1.165, 1.54) is 0 Å². The summed E-state index contributed by atoms with van der Waals surface area (Å²) in [7, 11) is 0. The molecule has 1 aromatic rings. The van der Waals surface area contributed by atoms with Crippen LogP contribution in [0.2, 0.25) is 0 Å². The van der Waals surface area contributed by atoms with Crippen molar-refractivity contribution in [2.24, 2.45) is 0 Å². The maximum atomic E-state index is 13.4. The van der Waals surface area contributed by atoms with Gasteiger partial charge in [-0.1, -0.05) is 0 Å². The van der Waals surface area contributed by atoms with E-state index in [0.717, 1.165) is 25.2 Å². The fourth-order valence-corrected chi connectivity index (χ4v) is 2.11. The third-order valence-corrected chi connectivity index (χ3v) is 3.29. The first kappa shape index (κ1) is 14.8. The fraction of sp³-hybridized carbons (Fsp3) is 0.462. The summed E-state index contributed by atoms with van der Waals surface area (Å²) >= 11 is 0. The summed E-state index contributed by atoms with van der Waals surface area (Å²) in [5, 5.41) is 5.45. The summed E-state index contributed by atoms with van der Waals surface area (Å²) in [6.45, 7) is 4.30. The predicted molar refractivity (Wildman–Crippen MR) is 68.9 cm³/mol. The summed E-state index contributed by atoms with van der Waals surface area (Å²) in [5.41, 5.74) is -0.350. The van der Waals surface area contributed by atoms with Gasteiger partial charge in [0.2, 0.25) is 5.91 Å². The van der Waals surface area contributed by atoms with Crippen LogP contribution in [-0.2, 0) is 4.79 Å². The van der Waals surface area contributed by atoms with Crippen molar-refractivity contribution < 1.29 is 18.0 Å². The summed E-state index contributed by atoms with van der Waals surface area (Å²) in [5.74, 6) is -4.70. The molecule has 7 heteroatoms. The summed E-state index contributed by atoms with van der Waals surface area (Å²) in [4.78, 5) is 13.8. The highest BCUT2D eigenvalue weighted by Crippen LogP contribution is 2.19. The van der Waals surface area contributed by atoms with Gasteiger partial charge in [0.15, 0.2) is 17.5 Å². The molecule has 1 saturated heterocycles. The molecule has 2 N–H and O–H groups in total. The molecule has 0 aromatic heterocycles. The lowest BCUT2D eigenvalue weighted by atomic mass is 10.2. The van der Waals surface area contributed by atoms with Crippen LogP contribution in [0, 0.1) is 17.5 Å². The number of hydrogen-bond donors (Lipinski definition) is 2. The third kappa shape index (κ3) is 3.29. The van der Waals surface area contributed by atoms with E-state index in [4.69, 9.17) is 0 Å². The lowest BCUT2D eigenvalue weighted by Crippen LogP contribution is -2.52. The molecule has 0 aliphatic carbocycles. The minimum Gasteiger partial charge on any atom is -0.322 e. The first-order valence-electron chi connectivity index (χ1n) is 6.37. The van der Waals surface area contributed by atoms with Gasteiger partial charge in [-0.25, -0.2) is 13.2 Å². The van der Waals surface area contributed by atoms with Crippen LogP contribution < -0.4 is 10.6 Å². The standard InChI is InChI=1S/C13H16F3N3O/c1-8-6-17-4-5-19(8)7-11(20)18-10-3-2-9(14)12(15)13(10)16/h2-3,8,17H,4-7H2,1H3,(H,18,20)/t8-/m0/s1. The number of benzene rings is 1. The predicted octanol–water partition coefficient (Wildman–Crippen LogP) is 1.34. The quantitative estimate of drug-likeness (QED) is 0.825. The Hall–Kier alpha value is -1.60. The van der Waals surface area contributed by atoms with Gasteiger partial charge in [-0.05, 0) is 19.1 Å². The molecule has 1 amide bonds. The zero-order chi connectivity index (χ0) is 14.7. The highest BCUT2D eigenvalue weighted by Gasteiger charge is 2.21. The van der Waals surface area contributed by atoms with E-state index in [9.17, 15) is 18.0 Å². The number of carbonyl (C=O) groups is 1. The first-order chi connectivity index (χ1) is 9.49. The normalized spacial score (nSPS) is 19.9. The van der Waals surface area contributed by atoms with Crippen LogP contribution in [-0.4, -0.2) is 43.0 Å². The van der Waals surface area contributed by atoms with Crippen molar-refractivity contribution in [2.75, 3.05) is 31.5 Å². The molecule has 1 heterocycles. The van der Waals surface area contributed by atoms with Crippen molar-refractivity contribution in [1.29, 1.82) is 0 Å². The van der Waals surface area contributed by atoms with Gasteiger partial charge in [-0.15, -0.1) is 0 Å². The second-order valence-corrected chi connectivity index (χ2v) is 4.79. The second kappa shape index (κ2) is 6.23. The maximum absolute atomic E-state index is 13.4. The van der Waals surface area contributed by atoms with E-state index >= 15 is 0 Å². The fourth-order valence-electron chi connectivity index (χ4n) is 2.11. The largest absolute Gasteiger partial charge is 0.322 e. The molecule has 1 fully saturated rings. The number of amides is 1. The second-order valence-electron chi connectivity index (χ2n) is 4.79. The van der Waals surface area contributed by atoms with Crippen LogP contribution in [0.25, 0.3) is 0 Å². The molecule has 0 bridgehead atoms. The topological polar surface area (TPSA) is 44.4 Å². The van der Waals surface area contributed by atoms with Gasteiger partial charge < -0.3 is 10.6 Å². The molecule has 0 spiro atoms. The Balaban J connectivity index is 1.99. The van der Waals surface area contributed by atoms with Crippen molar-refractivity contribution in [2.45, 2.75) is 13.0 Å². The number of carbonyl (C=O) groups excluding carboxylic acids is 1. The summed E-state index contributed by atoms with van der Waals surface area (Å²) in [6.07, 6.45) is 0.